The smallest absolute Gasteiger partial charge is 0.175 e. The number of ether oxygens (including phenoxy) is 2. The molecule has 0 saturated carbocycles. The largest absolute Gasteiger partial charge is 0.490 e. The van der Waals surface area contributed by atoms with Crippen molar-refractivity contribution in [1.29, 1.82) is 0 Å². The summed E-state index contributed by atoms with van der Waals surface area (Å²) in [5.74, 6) is 0.881. The van der Waals surface area contributed by atoms with Gasteiger partial charge >= 0.3 is 0 Å². The van der Waals surface area contributed by atoms with Crippen LogP contribution in [0.4, 0.5) is 4.39 Å². The Hall–Kier alpha value is -1.66. The summed E-state index contributed by atoms with van der Waals surface area (Å²) in [7, 11) is 0. The van der Waals surface area contributed by atoms with E-state index in [1.807, 2.05) is 19.1 Å². The molecule has 0 aromatic heterocycles. The maximum absolute atomic E-state index is 13.8. The number of rotatable bonds is 6. The zero-order valence-corrected chi connectivity index (χ0v) is 17.0. The third kappa shape index (κ3) is 4.35. The Kier molecular flexibility index (Phi) is 6.48. The number of hydrogen-bond acceptors (Lipinski definition) is 3. The highest BCUT2D eigenvalue weighted by Crippen LogP contribution is 2.38. The summed E-state index contributed by atoms with van der Waals surface area (Å²) in [5.41, 5.74) is 1.42. The van der Waals surface area contributed by atoms with E-state index in [1.54, 1.807) is 18.2 Å². The Bertz CT molecular complexity index is 793. The van der Waals surface area contributed by atoms with Crippen LogP contribution < -0.4 is 9.47 Å². The molecule has 0 radical (unpaired) electrons. The molecule has 6 heteroatoms. The lowest BCUT2D eigenvalue weighted by Gasteiger charge is -2.21. The lowest BCUT2D eigenvalue weighted by Crippen LogP contribution is -2.26. The van der Waals surface area contributed by atoms with E-state index in [4.69, 9.17) is 21.7 Å². The molecule has 1 heterocycles. The van der Waals surface area contributed by atoms with Crippen LogP contribution in [0.15, 0.2) is 40.9 Å². The number of halogens is 2. The summed E-state index contributed by atoms with van der Waals surface area (Å²) < 4.78 is 26.2. The van der Waals surface area contributed by atoms with Crippen LogP contribution in [-0.4, -0.2) is 29.6 Å². The Morgan fingerprint density at radius 3 is 2.62 bits per heavy atom. The molecule has 0 unspecified atom stereocenters. The molecule has 1 aliphatic heterocycles. The predicted molar refractivity (Wildman–Crippen MR) is 109 cm³/mol. The first-order valence-electron chi connectivity index (χ1n) is 8.72. The van der Waals surface area contributed by atoms with Crippen LogP contribution in [0.25, 0.3) is 0 Å². The standard InChI is InChI=1S/C20H21BrFNO2S/c1-2-24-18-12-15(20(26)23-9-5-6-10-23)11-16(21)19(18)25-13-14-7-3-4-8-17(14)22/h3-4,7-8,11-12H,2,5-6,9-10,13H2,1H3. The monoisotopic (exact) mass is 437 g/mol. The van der Waals surface area contributed by atoms with Crippen molar-refractivity contribution in [2.24, 2.45) is 0 Å². The van der Waals surface area contributed by atoms with Crippen LogP contribution in [0.3, 0.4) is 0 Å². The molecule has 0 N–H and O–H groups in total. The third-order valence-corrected chi connectivity index (χ3v) is 5.36. The first-order chi connectivity index (χ1) is 12.6. The van der Waals surface area contributed by atoms with Gasteiger partial charge in [0.25, 0.3) is 0 Å². The minimum absolute atomic E-state index is 0.126. The maximum Gasteiger partial charge on any atom is 0.175 e. The Labute approximate surface area is 167 Å². The van der Waals surface area contributed by atoms with Crippen molar-refractivity contribution < 1.29 is 13.9 Å². The number of thiocarbonyl (C=S) groups is 1. The Balaban J connectivity index is 1.84. The summed E-state index contributed by atoms with van der Waals surface area (Å²) in [4.78, 5) is 3.04. The van der Waals surface area contributed by atoms with E-state index in [1.165, 1.54) is 18.9 Å². The second-order valence-corrected chi connectivity index (χ2v) is 7.34. The van der Waals surface area contributed by atoms with Gasteiger partial charge in [-0.2, -0.15) is 0 Å². The lowest BCUT2D eigenvalue weighted by atomic mass is 10.2. The molecule has 26 heavy (non-hydrogen) atoms. The van der Waals surface area contributed by atoms with Crippen molar-refractivity contribution in [3.63, 3.8) is 0 Å². The molecule has 0 spiro atoms. The van der Waals surface area contributed by atoms with Crippen molar-refractivity contribution in [3.05, 3.63) is 57.8 Å². The van der Waals surface area contributed by atoms with Crippen LogP contribution in [0.1, 0.15) is 30.9 Å². The van der Waals surface area contributed by atoms with E-state index in [2.05, 4.69) is 20.8 Å². The third-order valence-electron chi connectivity index (χ3n) is 4.28. The van der Waals surface area contributed by atoms with Crippen molar-refractivity contribution in [2.75, 3.05) is 19.7 Å². The van der Waals surface area contributed by atoms with Crippen LogP contribution in [-0.2, 0) is 6.61 Å². The van der Waals surface area contributed by atoms with Gasteiger partial charge in [0, 0.05) is 24.2 Å². The summed E-state index contributed by atoms with van der Waals surface area (Å²) >= 11 is 9.20. The zero-order valence-electron chi connectivity index (χ0n) is 14.6. The molecule has 1 aliphatic rings. The summed E-state index contributed by atoms with van der Waals surface area (Å²) in [5, 5.41) is 0. The van der Waals surface area contributed by atoms with E-state index in [9.17, 15) is 4.39 Å². The van der Waals surface area contributed by atoms with Crippen LogP contribution in [0.5, 0.6) is 11.5 Å². The number of hydrogen-bond donors (Lipinski definition) is 0. The second-order valence-electron chi connectivity index (χ2n) is 6.10. The second kappa shape index (κ2) is 8.82. The normalized spacial score (nSPS) is 13.7. The maximum atomic E-state index is 13.8. The molecule has 1 fully saturated rings. The quantitative estimate of drug-likeness (QED) is 0.568. The molecule has 3 rings (SSSR count). The number of benzene rings is 2. The minimum Gasteiger partial charge on any atom is -0.490 e. The van der Waals surface area contributed by atoms with Crippen molar-refractivity contribution >= 4 is 33.1 Å². The first-order valence-corrected chi connectivity index (χ1v) is 9.92. The van der Waals surface area contributed by atoms with E-state index in [-0.39, 0.29) is 12.4 Å². The topological polar surface area (TPSA) is 21.7 Å². The lowest BCUT2D eigenvalue weighted by molar-refractivity contribution is 0.264. The van der Waals surface area contributed by atoms with Gasteiger partial charge in [0.2, 0.25) is 0 Å². The van der Waals surface area contributed by atoms with Gasteiger partial charge in [-0.15, -0.1) is 0 Å². The van der Waals surface area contributed by atoms with Gasteiger partial charge in [0.1, 0.15) is 17.4 Å². The van der Waals surface area contributed by atoms with E-state index < -0.39 is 0 Å². The van der Waals surface area contributed by atoms with Gasteiger partial charge in [-0.25, -0.2) is 4.39 Å². The summed E-state index contributed by atoms with van der Waals surface area (Å²) in [6, 6.07) is 10.4. The molecule has 3 nitrogen and oxygen atoms in total. The van der Waals surface area contributed by atoms with E-state index >= 15 is 0 Å². The fourth-order valence-corrected chi connectivity index (χ4v) is 3.82. The fraction of sp³-hybridized carbons (Fsp3) is 0.350. The SMILES string of the molecule is CCOc1cc(C(=S)N2CCCC2)cc(Br)c1OCc1ccccc1F. The predicted octanol–water partition coefficient (Wildman–Crippen LogP) is 5.34. The zero-order chi connectivity index (χ0) is 18.5. The summed E-state index contributed by atoms with van der Waals surface area (Å²) in [6.07, 6.45) is 2.34. The van der Waals surface area contributed by atoms with Gasteiger partial charge < -0.3 is 14.4 Å². The number of nitrogens with zero attached hydrogens (tertiary/aromatic N) is 1. The molecular weight excluding hydrogens is 417 g/mol. The van der Waals surface area contributed by atoms with Gasteiger partial charge in [-0.3, -0.25) is 0 Å². The molecule has 0 amide bonds. The Morgan fingerprint density at radius 1 is 1.19 bits per heavy atom. The highest BCUT2D eigenvalue weighted by Gasteiger charge is 2.20. The summed E-state index contributed by atoms with van der Waals surface area (Å²) in [6.45, 7) is 4.53. The van der Waals surface area contributed by atoms with Crippen molar-refractivity contribution in [3.8, 4) is 11.5 Å². The molecule has 2 aromatic rings. The van der Waals surface area contributed by atoms with Gasteiger partial charge in [0.15, 0.2) is 11.5 Å². The van der Waals surface area contributed by atoms with E-state index in [0.717, 1.165) is 28.1 Å². The first kappa shape index (κ1) is 19.1. The highest BCUT2D eigenvalue weighted by atomic mass is 79.9. The molecule has 0 aliphatic carbocycles. The average molecular weight is 438 g/mol. The van der Waals surface area contributed by atoms with Crippen LogP contribution >= 0.6 is 28.1 Å². The molecular formula is C20H21BrFNO2S. The Morgan fingerprint density at radius 2 is 1.92 bits per heavy atom. The van der Waals surface area contributed by atoms with Gasteiger partial charge in [0.05, 0.1) is 11.1 Å². The van der Waals surface area contributed by atoms with Crippen molar-refractivity contribution in [1.82, 2.24) is 4.90 Å². The average Bonchev–Trinajstić information content (AvgIpc) is 3.16. The molecule has 138 valence electrons. The van der Waals surface area contributed by atoms with Crippen LogP contribution in [0.2, 0.25) is 0 Å². The van der Waals surface area contributed by atoms with Crippen molar-refractivity contribution in [2.45, 2.75) is 26.4 Å². The molecule has 1 saturated heterocycles. The molecule has 0 atom stereocenters. The van der Waals surface area contributed by atoms with Gasteiger partial charge in [-0.05, 0) is 53.9 Å². The number of likely N-dealkylation sites (tertiary alicyclic amines) is 1. The molecule has 2 aromatic carbocycles. The fourth-order valence-electron chi connectivity index (χ4n) is 2.96. The highest BCUT2D eigenvalue weighted by molar-refractivity contribution is 9.10. The van der Waals surface area contributed by atoms with Gasteiger partial charge in [-0.1, -0.05) is 30.4 Å². The molecule has 0 bridgehead atoms. The minimum atomic E-state index is -0.284. The van der Waals surface area contributed by atoms with Crippen LogP contribution in [0, 0.1) is 5.82 Å². The van der Waals surface area contributed by atoms with E-state index in [0.29, 0.717) is 23.7 Å².